The first kappa shape index (κ1) is 15.8. The molecule has 5 rings (SSSR count). The molecule has 4 heteroatoms. The van der Waals surface area contributed by atoms with Crippen LogP contribution in [0.2, 0.25) is 0 Å². The fourth-order valence-electron chi connectivity index (χ4n) is 4.29. The Kier molecular flexibility index (Phi) is 3.41. The lowest BCUT2D eigenvalue weighted by molar-refractivity contribution is 0.668. The standard InChI is InChI=1S/C23H19N3O/c1-15-12-13-19-18(14-15)16(2)22-23(17-8-4-3-5-9-17)26(24-27)21-11-7-6-10-20(21)25(19)22/h3-14,23H,1-2H3. The van der Waals surface area contributed by atoms with Crippen molar-refractivity contribution in [1.82, 2.24) is 4.57 Å². The topological polar surface area (TPSA) is 37.6 Å². The molecular formula is C23H19N3O. The maximum atomic E-state index is 12.0. The molecule has 2 heterocycles. The van der Waals surface area contributed by atoms with Gasteiger partial charge in [0.2, 0.25) is 0 Å². The lowest BCUT2D eigenvalue weighted by Crippen LogP contribution is -2.31. The largest absolute Gasteiger partial charge is 0.309 e. The Hall–Kier alpha value is -3.40. The second-order valence-electron chi connectivity index (χ2n) is 7.09. The summed E-state index contributed by atoms with van der Waals surface area (Å²) in [7, 11) is 0. The highest BCUT2D eigenvalue weighted by molar-refractivity contribution is 5.91. The number of anilines is 1. The maximum absolute atomic E-state index is 12.0. The molecule has 0 aliphatic carbocycles. The second kappa shape index (κ2) is 5.81. The minimum atomic E-state index is -0.258. The van der Waals surface area contributed by atoms with Crippen molar-refractivity contribution in [3.8, 4) is 5.69 Å². The molecule has 0 spiro atoms. The zero-order valence-electron chi connectivity index (χ0n) is 15.3. The highest BCUT2D eigenvalue weighted by atomic mass is 16.3. The van der Waals surface area contributed by atoms with Gasteiger partial charge in [-0.1, -0.05) is 54.1 Å². The first-order valence-corrected chi connectivity index (χ1v) is 9.09. The molecule has 27 heavy (non-hydrogen) atoms. The molecule has 1 aromatic heterocycles. The summed E-state index contributed by atoms with van der Waals surface area (Å²) in [6, 6.07) is 24.4. The number of hydrogen-bond acceptors (Lipinski definition) is 2. The van der Waals surface area contributed by atoms with E-state index in [2.05, 4.69) is 60.1 Å². The average Bonchev–Trinajstić information content (AvgIpc) is 3.00. The maximum Gasteiger partial charge on any atom is 0.121 e. The Morgan fingerprint density at radius 2 is 1.56 bits per heavy atom. The molecule has 0 saturated carbocycles. The summed E-state index contributed by atoms with van der Waals surface area (Å²) < 4.78 is 2.29. The number of aryl methyl sites for hydroxylation is 2. The Morgan fingerprint density at radius 3 is 2.30 bits per heavy atom. The van der Waals surface area contributed by atoms with E-state index in [4.69, 9.17) is 0 Å². The van der Waals surface area contributed by atoms with Crippen molar-refractivity contribution >= 4 is 16.6 Å². The molecule has 0 amide bonds. The fourth-order valence-corrected chi connectivity index (χ4v) is 4.29. The van der Waals surface area contributed by atoms with Gasteiger partial charge in [-0.05, 0) is 49.2 Å². The van der Waals surface area contributed by atoms with E-state index in [-0.39, 0.29) is 6.04 Å². The molecule has 0 N–H and O–H groups in total. The molecule has 4 nitrogen and oxygen atoms in total. The summed E-state index contributed by atoms with van der Waals surface area (Å²) in [5, 5.41) is 6.27. The summed E-state index contributed by atoms with van der Waals surface area (Å²) in [4.78, 5) is 12.0. The van der Waals surface area contributed by atoms with Crippen LogP contribution in [0.25, 0.3) is 16.6 Å². The van der Waals surface area contributed by atoms with Gasteiger partial charge in [0.1, 0.15) is 6.04 Å². The number of benzene rings is 3. The average molecular weight is 353 g/mol. The molecule has 1 aliphatic rings. The summed E-state index contributed by atoms with van der Waals surface area (Å²) in [5.41, 5.74) is 7.53. The smallest absolute Gasteiger partial charge is 0.121 e. The van der Waals surface area contributed by atoms with Crippen molar-refractivity contribution in [2.75, 3.05) is 5.01 Å². The van der Waals surface area contributed by atoms with Crippen molar-refractivity contribution in [1.29, 1.82) is 0 Å². The summed E-state index contributed by atoms with van der Waals surface area (Å²) in [6.45, 7) is 4.25. The number of hydrogen-bond donors (Lipinski definition) is 0. The SMILES string of the molecule is Cc1ccc2c(c1)c(C)c1n2-c2ccccc2N(N=O)C1c1ccccc1. The van der Waals surface area contributed by atoms with E-state index in [0.717, 1.165) is 28.1 Å². The number of rotatable bonds is 2. The first-order chi connectivity index (χ1) is 13.2. The number of nitroso groups, excluding NO2 is 1. The third-order valence-electron chi connectivity index (χ3n) is 5.50. The zero-order valence-corrected chi connectivity index (χ0v) is 15.3. The molecule has 1 atom stereocenters. The van der Waals surface area contributed by atoms with Crippen LogP contribution < -0.4 is 5.01 Å². The van der Waals surface area contributed by atoms with Crippen molar-refractivity contribution in [3.63, 3.8) is 0 Å². The Labute approximate surface area is 157 Å². The minimum Gasteiger partial charge on any atom is -0.309 e. The van der Waals surface area contributed by atoms with Gasteiger partial charge in [-0.25, -0.2) is 5.01 Å². The molecular weight excluding hydrogens is 334 g/mol. The van der Waals surface area contributed by atoms with Gasteiger partial charge in [-0.15, -0.1) is 4.91 Å². The molecule has 1 unspecified atom stereocenters. The summed E-state index contributed by atoms with van der Waals surface area (Å²) in [6.07, 6.45) is 0. The minimum absolute atomic E-state index is 0.258. The molecule has 4 aromatic rings. The molecule has 0 radical (unpaired) electrons. The summed E-state index contributed by atoms with van der Waals surface area (Å²) >= 11 is 0. The van der Waals surface area contributed by atoms with E-state index in [1.54, 1.807) is 5.01 Å². The molecule has 3 aromatic carbocycles. The van der Waals surface area contributed by atoms with Gasteiger partial charge in [0.25, 0.3) is 0 Å². The van der Waals surface area contributed by atoms with E-state index in [1.807, 2.05) is 36.4 Å². The van der Waals surface area contributed by atoms with Crippen molar-refractivity contribution in [2.24, 2.45) is 5.29 Å². The van der Waals surface area contributed by atoms with Gasteiger partial charge in [-0.2, -0.15) is 0 Å². The van der Waals surface area contributed by atoms with E-state index >= 15 is 0 Å². The van der Waals surface area contributed by atoms with Crippen LogP contribution in [0.3, 0.4) is 0 Å². The van der Waals surface area contributed by atoms with Crippen LogP contribution in [0.4, 0.5) is 5.69 Å². The lowest BCUT2D eigenvalue weighted by Gasteiger charge is -2.35. The third-order valence-corrected chi connectivity index (χ3v) is 5.50. The molecule has 0 saturated heterocycles. The molecule has 0 fully saturated rings. The third kappa shape index (κ3) is 2.16. The van der Waals surface area contributed by atoms with Crippen LogP contribution in [0.5, 0.6) is 0 Å². The lowest BCUT2D eigenvalue weighted by atomic mass is 9.97. The van der Waals surface area contributed by atoms with Crippen LogP contribution in [0, 0.1) is 18.8 Å². The highest BCUT2D eigenvalue weighted by Crippen LogP contribution is 2.46. The van der Waals surface area contributed by atoms with Gasteiger partial charge >= 0.3 is 0 Å². The van der Waals surface area contributed by atoms with Gasteiger partial charge < -0.3 is 4.57 Å². The first-order valence-electron chi connectivity index (χ1n) is 9.09. The van der Waals surface area contributed by atoms with E-state index in [1.165, 1.54) is 16.5 Å². The van der Waals surface area contributed by atoms with E-state index in [0.29, 0.717) is 0 Å². The molecule has 1 aliphatic heterocycles. The Morgan fingerprint density at radius 1 is 0.852 bits per heavy atom. The van der Waals surface area contributed by atoms with Gasteiger partial charge in [-0.3, -0.25) is 0 Å². The zero-order chi connectivity index (χ0) is 18.5. The highest BCUT2D eigenvalue weighted by Gasteiger charge is 2.36. The number of para-hydroxylation sites is 2. The quantitative estimate of drug-likeness (QED) is 0.425. The van der Waals surface area contributed by atoms with Crippen LogP contribution in [-0.2, 0) is 0 Å². The fraction of sp³-hybridized carbons (Fsp3) is 0.130. The second-order valence-corrected chi connectivity index (χ2v) is 7.09. The van der Waals surface area contributed by atoms with E-state index in [9.17, 15) is 4.91 Å². The number of nitrogens with zero attached hydrogens (tertiary/aromatic N) is 3. The monoisotopic (exact) mass is 353 g/mol. The number of fused-ring (bicyclic) bond motifs is 5. The van der Waals surface area contributed by atoms with Gasteiger partial charge in [0, 0.05) is 5.39 Å². The summed E-state index contributed by atoms with van der Waals surface area (Å²) in [5.74, 6) is 0. The van der Waals surface area contributed by atoms with E-state index < -0.39 is 0 Å². The predicted molar refractivity (Wildman–Crippen MR) is 109 cm³/mol. The Bertz CT molecular complexity index is 1180. The van der Waals surface area contributed by atoms with Crippen LogP contribution >= 0.6 is 0 Å². The van der Waals surface area contributed by atoms with Crippen molar-refractivity contribution in [2.45, 2.75) is 19.9 Å². The van der Waals surface area contributed by atoms with Crippen LogP contribution in [-0.4, -0.2) is 4.57 Å². The van der Waals surface area contributed by atoms with Gasteiger partial charge in [0.05, 0.1) is 27.9 Å². The van der Waals surface area contributed by atoms with Crippen LogP contribution in [0.15, 0.2) is 78.1 Å². The van der Waals surface area contributed by atoms with Crippen molar-refractivity contribution in [3.05, 3.63) is 100 Å². The van der Waals surface area contributed by atoms with Crippen LogP contribution in [0.1, 0.15) is 28.4 Å². The molecule has 0 bridgehead atoms. The van der Waals surface area contributed by atoms with Gasteiger partial charge in [0.15, 0.2) is 0 Å². The Balaban J connectivity index is 1.94. The normalized spacial score (nSPS) is 15.5. The predicted octanol–water partition coefficient (Wildman–Crippen LogP) is 5.84. The van der Waals surface area contributed by atoms with Crippen molar-refractivity contribution < 1.29 is 0 Å². The number of aromatic nitrogens is 1. The molecule has 132 valence electrons.